The molecule has 0 amide bonds. The highest BCUT2D eigenvalue weighted by atomic mass is 35.5. The molecule has 0 saturated heterocycles. The average Bonchev–Trinajstić information content (AvgIpc) is 2.91. The summed E-state index contributed by atoms with van der Waals surface area (Å²) in [7, 11) is 1.63. The van der Waals surface area contributed by atoms with Gasteiger partial charge in [-0.25, -0.2) is 9.98 Å². The number of methoxy groups -OCH3 is 1. The monoisotopic (exact) mass is 324 g/mol. The third-order valence-electron chi connectivity index (χ3n) is 3.10. The lowest BCUT2D eigenvalue weighted by Gasteiger charge is -2.08. The van der Waals surface area contributed by atoms with Crippen LogP contribution in [-0.2, 0) is 4.79 Å². The number of carbonyl (C=O) groups excluding carboxylic acids is 1. The van der Waals surface area contributed by atoms with Crippen molar-refractivity contribution in [2.24, 2.45) is 15.9 Å². The Morgan fingerprint density at radius 3 is 2.48 bits per heavy atom. The molecule has 0 N–H and O–H groups in total. The van der Waals surface area contributed by atoms with Gasteiger partial charge in [0.2, 0.25) is 0 Å². The van der Waals surface area contributed by atoms with Gasteiger partial charge in [-0.1, -0.05) is 12.2 Å². The van der Waals surface area contributed by atoms with Gasteiger partial charge in [-0.05, 0) is 30.3 Å². The van der Waals surface area contributed by atoms with Crippen LogP contribution in [-0.4, -0.2) is 24.9 Å². The minimum absolute atomic E-state index is 0. The van der Waals surface area contributed by atoms with Gasteiger partial charge in [-0.3, -0.25) is 0 Å². The van der Waals surface area contributed by atoms with Crippen LogP contribution in [0.25, 0.3) is 0 Å². The molecule has 0 fully saturated rings. The van der Waals surface area contributed by atoms with E-state index in [0.717, 1.165) is 29.0 Å². The van der Waals surface area contributed by atoms with Crippen LogP contribution in [0.5, 0.6) is 5.75 Å². The highest BCUT2D eigenvalue weighted by Gasteiger charge is 2.25. The Balaban J connectivity index is 0.00000110. The van der Waals surface area contributed by atoms with Crippen LogP contribution < -0.4 is 4.74 Å². The number of benzene rings is 1. The van der Waals surface area contributed by atoms with Crippen LogP contribution in [0.3, 0.4) is 0 Å². The zero-order valence-corrected chi connectivity index (χ0v) is 12.9. The number of allylic oxidation sites excluding steroid dienone is 4. The van der Waals surface area contributed by atoms with Crippen molar-refractivity contribution in [3.8, 4) is 5.75 Å². The van der Waals surface area contributed by atoms with Crippen molar-refractivity contribution in [3.05, 3.63) is 53.8 Å². The van der Waals surface area contributed by atoms with Crippen LogP contribution in [0, 0.1) is 5.92 Å². The van der Waals surface area contributed by atoms with E-state index in [2.05, 4.69) is 9.98 Å². The van der Waals surface area contributed by atoms with Gasteiger partial charge >= 0.3 is 0 Å². The smallest absolute Gasteiger partial charge is 0.160 e. The number of ether oxygens (including phenoxy) is 1. The summed E-state index contributed by atoms with van der Waals surface area (Å²) < 4.78 is 5.12. The second-order valence-electron chi connectivity index (χ2n) is 4.26. The number of nitrogens with zero attached hydrogens (tertiary/aromatic N) is 2. The van der Waals surface area contributed by atoms with E-state index in [1.54, 1.807) is 7.11 Å². The minimum Gasteiger partial charge on any atom is -0.497 e. The summed E-state index contributed by atoms with van der Waals surface area (Å²) in [5.74, 6) is 1.14. The van der Waals surface area contributed by atoms with Gasteiger partial charge in [-0.15, -0.1) is 24.8 Å². The first-order valence-electron chi connectivity index (χ1n) is 5.97. The Bertz CT molecular complexity index is 646. The lowest BCUT2D eigenvalue weighted by atomic mass is 9.98. The van der Waals surface area contributed by atoms with Crippen molar-refractivity contribution in [1.82, 2.24) is 0 Å². The number of carbonyl (C=O) groups is 1. The molecule has 0 spiro atoms. The maximum atomic E-state index is 11.0. The molecule has 1 aliphatic carbocycles. The van der Waals surface area contributed by atoms with Gasteiger partial charge < -0.3 is 9.53 Å². The normalized spacial score (nSPS) is 18.3. The summed E-state index contributed by atoms with van der Waals surface area (Å²) in [6.45, 7) is 0. The minimum atomic E-state index is -0.292. The van der Waals surface area contributed by atoms with Gasteiger partial charge in [0.05, 0.1) is 24.4 Å². The molecule has 6 heteroatoms. The summed E-state index contributed by atoms with van der Waals surface area (Å²) in [5.41, 5.74) is 2.40. The SMILES string of the molecule is COc1ccc(C2=NC3=CC=CC(C=O)C3=N2)cc1.Cl.Cl. The van der Waals surface area contributed by atoms with Crippen molar-refractivity contribution >= 4 is 42.6 Å². The largest absolute Gasteiger partial charge is 0.497 e. The maximum absolute atomic E-state index is 11.0. The second-order valence-corrected chi connectivity index (χ2v) is 4.26. The van der Waals surface area contributed by atoms with E-state index < -0.39 is 0 Å². The van der Waals surface area contributed by atoms with Gasteiger partial charge in [0.15, 0.2) is 5.84 Å². The molecule has 110 valence electrons. The number of amidine groups is 1. The Labute approximate surface area is 135 Å². The molecular formula is C15H14Cl2N2O2. The summed E-state index contributed by atoms with van der Waals surface area (Å²) in [5, 5.41) is 0. The topological polar surface area (TPSA) is 51.0 Å². The van der Waals surface area contributed by atoms with Crippen molar-refractivity contribution in [2.45, 2.75) is 0 Å². The summed E-state index contributed by atoms with van der Waals surface area (Å²) in [4.78, 5) is 19.9. The number of halogens is 2. The van der Waals surface area contributed by atoms with E-state index in [1.807, 2.05) is 42.5 Å². The van der Waals surface area contributed by atoms with Gasteiger partial charge in [0.1, 0.15) is 12.0 Å². The number of fused-ring (bicyclic) bond motifs is 1. The number of aliphatic imine (C=N–C) groups is 2. The molecule has 1 atom stereocenters. The lowest BCUT2D eigenvalue weighted by molar-refractivity contribution is -0.108. The molecule has 1 unspecified atom stereocenters. The molecule has 3 rings (SSSR count). The summed E-state index contributed by atoms with van der Waals surface area (Å²) in [6.07, 6.45) is 6.42. The van der Waals surface area contributed by atoms with E-state index in [1.165, 1.54) is 0 Å². The van der Waals surface area contributed by atoms with E-state index in [4.69, 9.17) is 4.74 Å². The van der Waals surface area contributed by atoms with E-state index >= 15 is 0 Å². The van der Waals surface area contributed by atoms with Crippen molar-refractivity contribution in [3.63, 3.8) is 0 Å². The first-order valence-corrected chi connectivity index (χ1v) is 5.97. The summed E-state index contributed by atoms with van der Waals surface area (Å²) in [6, 6.07) is 7.54. The molecule has 1 aromatic rings. The third-order valence-corrected chi connectivity index (χ3v) is 3.10. The predicted molar refractivity (Wildman–Crippen MR) is 88.2 cm³/mol. The van der Waals surface area contributed by atoms with Crippen LogP contribution >= 0.6 is 24.8 Å². The number of aldehydes is 1. The first kappa shape index (κ1) is 17.1. The predicted octanol–water partition coefficient (Wildman–Crippen LogP) is 3.01. The van der Waals surface area contributed by atoms with Crippen LogP contribution in [0.2, 0.25) is 0 Å². The third kappa shape index (κ3) is 3.23. The Morgan fingerprint density at radius 2 is 1.86 bits per heavy atom. The average molecular weight is 325 g/mol. The zero-order valence-electron chi connectivity index (χ0n) is 11.2. The maximum Gasteiger partial charge on any atom is 0.160 e. The molecule has 4 nitrogen and oxygen atoms in total. The van der Waals surface area contributed by atoms with E-state index in [-0.39, 0.29) is 30.7 Å². The molecule has 1 heterocycles. The van der Waals surface area contributed by atoms with E-state index in [0.29, 0.717) is 5.84 Å². The quantitative estimate of drug-likeness (QED) is 0.802. The second kappa shape index (κ2) is 7.20. The van der Waals surface area contributed by atoms with Gasteiger partial charge in [0, 0.05) is 5.56 Å². The fourth-order valence-corrected chi connectivity index (χ4v) is 2.07. The van der Waals surface area contributed by atoms with Crippen molar-refractivity contribution < 1.29 is 9.53 Å². The number of rotatable bonds is 3. The molecule has 21 heavy (non-hydrogen) atoms. The van der Waals surface area contributed by atoms with Crippen LogP contribution in [0.4, 0.5) is 0 Å². The van der Waals surface area contributed by atoms with Gasteiger partial charge in [0.25, 0.3) is 0 Å². The molecule has 0 aromatic heterocycles. The standard InChI is InChI=1S/C15H12N2O2.2ClH/c1-19-12-7-5-10(6-8-12)15-16-13-4-2-3-11(9-18)14(13)17-15;;/h2-9,11H,1H3;2*1H. The molecule has 0 radical (unpaired) electrons. The Hall–Kier alpha value is -1.91. The molecule has 0 saturated carbocycles. The number of hydrogen-bond donors (Lipinski definition) is 0. The van der Waals surface area contributed by atoms with Gasteiger partial charge in [-0.2, -0.15) is 0 Å². The van der Waals surface area contributed by atoms with E-state index in [9.17, 15) is 4.79 Å². The first-order chi connectivity index (χ1) is 9.31. The number of hydrogen-bond acceptors (Lipinski definition) is 4. The lowest BCUT2D eigenvalue weighted by Crippen LogP contribution is -2.15. The molecule has 1 aliphatic heterocycles. The van der Waals surface area contributed by atoms with Crippen LogP contribution in [0.1, 0.15) is 5.56 Å². The van der Waals surface area contributed by atoms with Crippen molar-refractivity contribution in [1.29, 1.82) is 0 Å². The highest BCUT2D eigenvalue weighted by molar-refractivity contribution is 6.22. The van der Waals surface area contributed by atoms with Crippen molar-refractivity contribution in [2.75, 3.05) is 7.11 Å². The Morgan fingerprint density at radius 1 is 1.14 bits per heavy atom. The molecule has 0 bridgehead atoms. The highest BCUT2D eigenvalue weighted by Crippen LogP contribution is 2.24. The fourth-order valence-electron chi connectivity index (χ4n) is 2.07. The molecule has 2 aliphatic rings. The molecular weight excluding hydrogens is 311 g/mol. The fraction of sp³-hybridized carbons (Fsp3) is 0.133. The van der Waals surface area contributed by atoms with Crippen LogP contribution in [0.15, 0.2) is 58.2 Å². The molecule has 1 aromatic carbocycles. The Kier molecular flexibility index (Phi) is 5.88. The zero-order chi connectivity index (χ0) is 13.2. The summed E-state index contributed by atoms with van der Waals surface area (Å²) >= 11 is 0.